The van der Waals surface area contributed by atoms with Crippen molar-refractivity contribution in [2.45, 2.75) is 25.2 Å². The number of ether oxygens (including phenoxy) is 1. The molecule has 0 saturated carbocycles. The van der Waals surface area contributed by atoms with Gasteiger partial charge in [-0.25, -0.2) is 0 Å². The molecule has 0 aromatic heterocycles. The van der Waals surface area contributed by atoms with E-state index in [0.717, 1.165) is 12.1 Å². The van der Waals surface area contributed by atoms with Crippen LogP contribution in [0.2, 0.25) is 0 Å². The molecule has 1 aliphatic rings. The molecule has 0 radical (unpaired) electrons. The summed E-state index contributed by atoms with van der Waals surface area (Å²) in [7, 11) is 3.24. The van der Waals surface area contributed by atoms with E-state index >= 15 is 0 Å². The molecule has 126 valence electrons. The van der Waals surface area contributed by atoms with Crippen molar-refractivity contribution < 1.29 is 27.5 Å². The molecule has 2 rings (SSSR count). The van der Waals surface area contributed by atoms with Gasteiger partial charge in [-0.15, -0.1) is 13.2 Å². The number of amides is 2. The summed E-state index contributed by atoms with van der Waals surface area (Å²) in [6.45, 7) is 0.448. The van der Waals surface area contributed by atoms with Gasteiger partial charge in [0, 0.05) is 26.2 Å². The van der Waals surface area contributed by atoms with Gasteiger partial charge in [-0.05, 0) is 37.1 Å². The summed E-state index contributed by atoms with van der Waals surface area (Å²) in [6, 6.07) is 4.17. The van der Waals surface area contributed by atoms with Gasteiger partial charge < -0.3 is 14.5 Å². The van der Waals surface area contributed by atoms with Crippen LogP contribution in [0.5, 0.6) is 5.75 Å². The summed E-state index contributed by atoms with van der Waals surface area (Å²) in [5.74, 6) is -0.925. The van der Waals surface area contributed by atoms with Crippen molar-refractivity contribution >= 4 is 11.8 Å². The lowest BCUT2D eigenvalue weighted by atomic mass is 10.1. The fourth-order valence-electron chi connectivity index (χ4n) is 2.53. The number of likely N-dealkylation sites (N-methyl/N-ethyl adjacent to an activating group) is 1. The van der Waals surface area contributed by atoms with Gasteiger partial charge in [-0.1, -0.05) is 0 Å². The van der Waals surface area contributed by atoms with Crippen molar-refractivity contribution in [2.24, 2.45) is 0 Å². The third-order valence-corrected chi connectivity index (χ3v) is 3.57. The van der Waals surface area contributed by atoms with Crippen LogP contribution in [0, 0.1) is 0 Å². The third kappa shape index (κ3) is 4.14. The smallest absolute Gasteiger partial charge is 0.406 e. The molecule has 23 heavy (non-hydrogen) atoms. The van der Waals surface area contributed by atoms with E-state index in [1.54, 1.807) is 14.1 Å². The molecule has 0 aliphatic carbocycles. The van der Waals surface area contributed by atoms with Gasteiger partial charge in [0.15, 0.2) is 0 Å². The second kappa shape index (κ2) is 6.47. The minimum Gasteiger partial charge on any atom is -0.406 e. The van der Waals surface area contributed by atoms with Gasteiger partial charge >= 0.3 is 6.36 Å². The van der Waals surface area contributed by atoms with Gasteiger partial charge in [-0.3, -0.25) is 9.59 Å². The third-order valence-electron chi connectivity index (χ3n) is 3.57. The molecule has 1 atom stereocenters. The van der Waals surface area contributed by atoms with Crippen LogP contribution >= 0.6 is 0 Å². The Kier molecular flexibility index (Phi) is 4.82. The number of carbonyl (C=O) groups excluding carboxylic acids is 2. The highest BCUT2D eigenvalue weighted by Gasteiger charge is 2.35. The summed E-state index contributed by atoms with van der Waals surface area (Å²) in [5, 5.41) is 0. The Morgan fingerprint density at radius 1 is 1.22 bits per heavy atom. The van der Waals surface area contributed by atoms with Crippen molar-refractivity contribution in [3.05, 3.63) is 29.8 Å². The number of hydrogen-bond donors (Lipinski definition) is 0. The van der Waals surface area contributed by atoms with Crippen molar-refractivity contribution in [1.29, 1.82) is 0 Å². The van der Waals surface area contributed by atoms with Crippen LogP contribution in [0.4, 0.5) is 13.2 Å². The van der Waals surface area contributed by atoms with Crippen LogP contribution in [0.1, 0.15) is 23.2 Å². The summed E-state index contributed by atoms with van der Waals surface area (Å²) >= 11 is 0. The standard InChI is InChI=1S/C15H17F3N2O3/c1-19(2)14(22)12-4-3-9-20(12)13(21)10-5-7-11(8-6-10)23-15(16,17)18/h5-8,12H,3-4,9H2,1-2H3. The van der Waals surface area contributed by atoms with E-state index in [1.165, 1.54) is 21.9 Å². The Bertz CT molecular complexity index is 585. The fraction of sp³-hybridized carbons (Fsp3) is 0.467. The monoisotopic (exact) mass is 330 g/mol. The predicted octanol–water partition coefficient (Wildman–Crippen LogP) is 2.28. The molecule has 0 spiro atoms. The number of benzene rings is 1. The number of nitrogens with zero attached hydrogens (tertiary/aromatic N) is 2. The van der Waals surface area contributed by atoms with Crippen LogP contribution in [0.15, 0.2) is 24.3 Å². The minimum absolute atomic E-state index is 0.159. The van der Waals surface area contributed by atoms with Gasteiger partial charge in [0.1, 0.15) is 11.8 Å². The normalized spacial score (nSPS) is 18.0. The van der Waals surface area contributed by atoms with Crippen LogP contribution in [0.25, 0.3) is 0 Å². The highest BCUT2D eigenvalue weighted by molar-refractivity contribution is 5.98. The largest absolute Gasteiger partial charge is 0.573 e. The molecule has 8 heteroatoms. The number of halogens is 3. The first kappa shape index (κ1) is 17.1. The highest BCUT2D eigenvalue weighted by Crippen LogP contribution is 2.25. The molecule has 0 N–H and O–H groups in total. The number of hydrogen-bond acceptors (Lipinski definition) is 3. The average molecular weight is 330 g/mol. The first-order valence-electron chi connectivity index (χ1n) is 7.07. The number of likely N-dealkylation sites (tertiary alicyclic amines) is 1. The first-order chi connectivity index (χ1) is 10.7. The van der Waals surface area contributed by atoms with E-state index in [2.05, 4.69) is 4.74 Å². The van der Waals surface area contributed by atoms with Crippen LogP contribution in [-0.4, -0.2) is 54.7 Å². The number of alkyl halides is 3. The van der Waals surface area contributed by atoms with E-state index in [1.807, 2.05) is 0 Å². The predicted molar refractivity (Wildman–Crippen MR) is 75.9 cm³/mol. The van der Waals surface area contributed by atoms with Gasteiger partial charge in [0.25, 0.3) is 5.91 Å². The lowest BCUT2D eigenvalue weighted by Crippen LogP contribution is -2.45. The first-order valence-corrected chi connectivity index (χ1v) is 7.07. The molecule has 0 bridgehead atoms. The van der Waals surface area contributed by atoms with E-state index in [4.69, 9.17) is 0 Å². The molecule has 1 heterocycles. The molecular weight excluding hydrogens is 313 g/mol. The zero-order chi connectivity index (χ0) is 17.2. The molecule has 5 nitrogen and oxygen atoms in total. The van der Waals surface area contributed by atoms with E-state index < -0.39 is 18.2 Å². The lowest BCUT2D eigenvalue weighted by Gasteiger charge is -2.26. The topological polar surface area (TPSA) is 49.9 Å². The lowest BCUT2D eigenvalue weighted by molar-refractivity contribution is -0.274. The van der Waals surface area contributed by atoms with Crippen LogP contribution in [0.3, 0.4) is 0 Å². The Hall–Kier alpha value is -2.25. The van der Waals surface area contributed by atoms with Crippen molar-refractivity contribution in [3.63, 3.8) is 0 Å². The molecule has 1 aliphatic heterocycles. The molecule has 1 fully saturated rings. The SMILES string of the molecule is CN(C)C(=O)C1CCCN1C(=O)c1ccc(OC(F)(F)F)cc1. The summed E-state index contributed by atoms with van der Waals surface area (Å²) in [6.07, 6.45) is -3.48. The van der Waals surface area contributed by atoms with E-state index in [9.17, 15) is 22.8 Å². The van der Waals surface area contributed by atoms with Crippen LogP contribution < -0.4 is 4.74 Å². The maximum Gasteiger partial charge on any atom is 0.573 e. The maximum atomic E-state index is 12.5. The zero-order valence-corrected chi connectivity index (χ0v) is 12.8. The molecule has 2 amide bonds. The Morgan fingerprint density at radius 3 is 2.35 bits per heavy atom. The highest BCUT2D eigenvalue weighted by atomic mass is 19.4. The maximum absolute atomic E-state index is 12.5. The van der Waals surface area contributed by atoms with Crippen molar-refractivity contribution in [2.75, 3.05) is 20.6 Å². The quantitative estimate of drug-likeness (QED) is 0.854. The number of carbonyl (C=O) groups is 2. The van der Waals surface area contributed by atoms with E-state index in [0.29, 0.717) is 19.4 Å². The molecule has 1 unspecified atom stereocenters. The minimum atomic E-state index is -4.77. The molecule has 1 saturated heterocycles. The number of rotatable bonds is 3. The Labute approximate surface area is 131 Å². The Balaban J connectivity index is 2.12. The second-order valence-electron chi connectivity index (χ2n) is 5.46. The van der Waals surface area contributed by atoms with Crippen molar-refractivity contribution in [3.8, 4) is 5.75 Å². The average Bonchev–Trinajstić information content (AvgIpc) is 2.94. The summed E-state index contributed by atoms with van der Waals surface area (Å²) in [4.78, 5) is 27.4. The summed E-state index contributed by atoms with van der Waals surface area (Å²) in [5.41, 5.74) is 0.220. The van der Waals surface area contributed by atoms with Gasteiger partial charge in [0.2, 0.25) is 5.91 Å². The molecule has 1 aromatic carbocycles. The van der Waals surface area contributed by atoms with Gasteiger partial charge in [-0.2, -0.15) is 0 Å². The molecule has 1 aromatic rings. The van der Waals surface area contributed by atoms with Gasteiger partial charge in [0.05, 0.1) is 0 Å². The fourth-order valence-corrected chi connectivity index (χ4v) is 2.53. The second-order valence-corrected chi connectivity index (χ2v) is 5.46. The summed E-state index contributed by atoms with van der Waals surface area (Å²) < 4.78 is 40.1. The van der Waals surface area contributed by atoms with Crippen molar-refractivity contribution in [1.82, 2.24) is 9.80 Å². The van der Waals surface area contributed by atoms with E-state index in [-0.39, 0.29) is 17.4 Å². The molecular formula is C15H17F3N2O3. The Morgan fingerprint density at radius 2 is 1.83 bits per heavy atom. The zero-order valence-electron chi connectivity index (χ0n) is 12.8. The van der Waals surface area contributed by atoms with Crippen LogP contribution in [-0.2, 0) is 4.79 Å².